The minimum absolute atomic E-state index is 0.136. The van der Waals surface area contributed by atoms with Gasteiger partial charge in [0.25, 0.3) is 5.91 Å². The van der Waals surface area contributed by atoms with Gasteiger partial charge in [0.15, 0.2) is 5.16 Å². The lowest BCUT2D eigenvalue weighted by Gasteiger charge is -2.08. The van der Waals surface area contributed by atoms with Gasteiger partial charge in [-0.2, -0.15) is 0 Å². The van der Waals surface area contributed by atoms with Crippen LogP contribution in [0.25, 0.3) is 0 Å². The normalized spacial score (nSPS) is 10.4. The lowest BCUT2D eigenvalue weighted by atomic mass is 10.2. The van der Waals surface area contributed by atoms with E-state index >= 15 is 0 Å². The van der Waals surface area contributed by atoms with Crippen LogP contribution < -0.4 is 15.4 Å². The zero-order valence-electron chi connectivity index (χ0n) is 15.5. The second kappa shape index (κ2) is 9.09. The fraction of sp³-hybridized carbons (Fsp3) is 0.150. The molecule has 2 N–H and O–H groups in total. The minimum Gasteiger partial charge on any atom is -0.497 e. The number of rotatable bonds is 7. The van der Waals surface area contributed by atoms with Gasteiger partial charge < -0.3 is 19.9 Å². The molecule has 0 spiro atoms. The van der Waals surface area contributed by atoms with E-state index < -0.39 is 0 Å². The summed E-state index contributed by atoms with van der Waals surface area (Å²) in [6.45, 7) is 0. The summed E-state index contributed by atoms with van der Waals surface area (Å²) in [6, 6.07) is 13.8. The summed E-state index contributed by atoms with van der Waals surface area (Å²) in [5.74, 6) is 0.612. The average Bonchev–Trinajstić information content (AvgIpc) is 3.12. The summed E-state index contributed by atoms with van der Waals surface area (Å²) in [7, 11) is 3.47. The summed E-state index contributed by atoms with van der Waals surface area (Å²) in [5.41, 5.74) is 1.80. The number of carbonyl (C=O) groups is 2. The third kappa shape index (κ3) is 5.14. The van der Waals surface area contributed by atoms with Crippen molar-refractivity contribution in [2.75, 3.05) is 23.5 Å². The summed E-state index contributed by atoms with van der Waals surface area (Å²) in [4.78, 5) is 28.6. The molecule has 0 aliphatic heterocycles. The fourth-order valence-corrected chi connectivity index (χ4v) is 3.13. The molecule has 3 aromatic rings. The first-order valence-electron chi connectivity index (χ1n) is 8.50. The third-order valence-corrected chi connectivity index (χ3v) is 4.95. The van der Waals surface area contributed by atoms with Crippen LogP contribution in [0.5, 0.6) is 5.75 Å². The molecule has 0 aliphatic carbocycles. The van der Waals surface area contributed by atoms with Crippen molar-refractivity contribution in [3.63, 3.8) is 0 Å². The summed E-state index contributed by atoms with van der Waals surface area (Å²) < 4.78 is 6.95. The van der Waals surface area contributed by atoms with Crippen LogP contribution in [0.2, 0.25) is 0 Å². The van der Waals surface area contributed by atoms with E-state index in [9.17, 15) is 9.59 Å². The molecule has 1 heterocycles. The van der Waals surface area contributed by atoms with Crippen LogP contribution in [0.1, 0.15) is 10.4 Å². The molecule has 0 bridgehead atoms. The van der Waals surface area contributed by atoms with Gasteiger partial charge in [-0.05, 0) is 48.5 Å². The van der Waals surface area contributed by atoms with Crippen molar-refractivity contribution in [3.05, 3.63) is 66.5 Å². The van der Waals surface area contributed by atoms with E-state index in [0.29, 0.717) is 16.9 Å². The molecule has 2 amide bonds. The van der Waals surface area contributed by atoms with E-state index in [0.717, 1.165) is 10.9 Å². The lowest BCUT2D eigenvalue weighted by molar-refractivity contribution is -0.113. The van der Waals surface area contributed by atoms with E-state index in [-0.39, 0.29) is 17.6 Å². The first kappa shape index (κ1) is 19.5. The zero-order chi connectivity index (χ0) is 19.9. The molecule has 144 valence electrons. The molecule has 0 radical (unpaired) electrons. The largest absolute Gasteiger partial charge is 0.497 e. The van der Waals surface area contributed by atoms with E-state index in [4.69, 9.17) is 4.74 Å². The predicted octanol–water partition coefficient (Wildman–Crippen LogP) is 3.41. The second-order valence-corrected chi connectivity index (χ2v) is 6.86. The molecule has 0 fully saturated rings. The number of anilines is 2. The van der Waals surface area contributed by atoms with Crippen molar-refractivity contribution in [2.24, 2.45) is 7.05 Å². The number of aromatic nitrogens is 2. The summed E-state index contributed by atoms with van der Waals surface area (Å²) >= 11 is 1.36. The van der Waals surface area contributed by atoms with Gasteiger partial charge in [0.05, 0.1) is 12.9 Å². The maximum Gasteiger partial charge on any atom is 0.255 e. The van der Waals surface area contributed by atoms with Crippen molar-refractivity contribution in [3.8, 4) is 5.75 Å². The molecule has 2 aromatic carbocycles. The summed E-state index contributed by atoms with van der Waals surface area (Å²) in [6.07, 6.45) is 3.52. The van der Waals surface area contributed by atoms with E-state index in [1.807, 2.05) is 17.8 Å². The molecular formula is C20H20N4O3S. The number of benzene rings is 2. The van der Waals surface area contributed by atoms with Crippen LogP contribution in [0, 0.1) is 0 Å². The van der Waals surface area contributed by atoms with Gasteiger partial charge in [-0.15, -0.1) is 0 Å². The maximum atomic E-state index is 12.3. The summed E-state index contributed by atoms with van der Waals surface area (Å²) in [5, 5.41) is 6.40. The quantitative estimate of drug-likeness (QED) is 0.598. The molecule has 3 rings (SSSR count). The predicted molar refractivity (Wildman–Crippen MR) is 110 cm³/mol. The van der Waals surface area contributed by atoms with Gasteiger partial charge in [0.2, 0.25) is 5.91 Å². The Morgan fingerprint density at radius 3 is 2.29 bits per heavy atom. The Balaban J connectivity index is 1.52. The first-order chi connectivity index (χ1) is 13.5. The topological polar surface area (TPSA) is 85.2 Å². The number of methoxy groups -OCH3 is 1. The van der Waals surface area contributed by atoms with Gasteiger partial charge in [-0.1, -0.05) is 11.8 Å². The van der Waals surface area contributed by atoms with Gasteiger partial charge >= 0.3 is 0 Å². The molecule has 1 aromatic heterocycles. The second-order valence-electron chi connectivity index (χ2n) is 5.92. The SMILES string of the molecule is COc1ccc(NC(=O)c2ccc(NC(=O)CSc3nccn3C)cc2)cc1. The van der Waals surface area contributed by atoms with Gasteiger partial charge in [-0.25, -0.2) is 4.98 Å². The van der Waals surface area contributed by atoms with Crippen molar-refractivity contribution >= 4 is 35.0 Å². The first-order valence-corrected chi connectivity index (χ1v) is 9.49. The van der Waals surface area contributed by atoms with E-state index in [1.165, 1.54) is 11.8 Å². The Hall–Kier alpha value is -3.26. The highest BCUT2D eigenvalue weighted by Crippen LogP contribution is 2.18. The molecule has 0 atom stereocenters. The minimum atomic E-state index is -0.228. The molecule has 0 saturated carbocycles. The molecule has 28 heavy (non-hydrogen) atoms. The van der Waals surface area contributed by atoms with Crippen molar-refractivity contribution < 1.29 is 14.3 Å². The van der Waals surface area contributed by atoms with E-state index in [2.05, 4.69) is 15.6 Å². The van der Waals surface area contributed by atoms with Gasteiger partial charge in [0.1, 0.15) is 5.75 Å². The van der Waals surface area contributed by atoms with Crippen molar-refractivity contribution in [1.29, 1.82) is 0 Å². The number of aryl methyl sites for hydroxylation is 1. The Labute approximate surface area is 167 Å². The number of thioether (sulfide) groups is 1. The van der Waals surface area contributed by atoms with Crippen LogP contribution >= 0.6 is 11.8 Å². The van der Waals surface area contributed by atoms with Gasteiger partial charge in [0, 0.05) is 36.4 Å². The highest BCUT2D eigenvalue weighted by atomic mass is 32.2. The number of nitrogens with zero attached hydrogens (tertiary/aromatic N) is 2. The number of carbonyl (C=O) groups excluding carboxylic acids is 2. The smallest absolute Gasteiger partial charge is 0.255 e. The Kier molecular flexibility index (Phi) is 6.33. The van der Waals surface area contributed by atoms with Crippen LogP contribution in [0.3, 0.4) is 0 Å². The van der Waals surface area contributed by atoms with Crippen LogP contribution in [-0.4, -0.2) is 34.2 Å². The Morgan fingerprint density at radius 1 is 1.04 bits per heavy atom. The Bertz CT molecular complexity index is 952. The van der Waals surface area contributed by atoms with Crippen LogP contribution in [0.4, 0.5) is 11.4 Å². The third-order valence-electron chi connectivity index (χ3n) is 3.89. The standard InChI is InChI=1S/C20H20N4O3S/c1-24-12-11-21-20(24)28-13-18(25)22-15-5-3-14(4-6-15)19(26)23-16-7-9-17(27-2)10-8-16/h3-12H,13H2,1-2H3,(H,22,25)(H,23,26). The van der Waals surface area contributed by atoms with E-state index in [1.54, 1.807) is 61.8 Å². The maximum absolute atomic E-state index is 12.3. The molecule has 0 unspecified atom stereocenters. The molecule has 8 heteroatoms. The lowest BCUT2D eigenvalue weighted by Crippen LogP contribution is -2.15. The average molecular weight is 396 g/mol. The van der Waals surface area contributed by atoms with Crippen molar-refractivity contribution in [2.45, 2.75) is 5.16 Å². The number of amides is 2. The number of ether oxygens (including phenoxy) is 1. The Morgan fingerprint density at radius 2 is 1.68 bits per heavy atom. The number of hydrogen-bond donors (Lipinski definition) is 2. The molecular weight excluding hydrogens is 376 g/mol. The highest BCUT2D eigenvalue weighted by Gasteiger charge is 2.09. The van der Waals surface area contributed by atoms with Crippen LogP contribution in [0.15, 0.2) is 66.1 Å². The van der Waals surface area contributed by atoms with Gasteiger partial charge in [-0.3, -0.25) is 9.59 Å². The number of nitrogens with one attached hydrogen (secondary N) is 2. The van der Waals surface area contributed by atoms with Crippen molar-refractivity contribution in [1.82, 2.24) is 9.55 Å². The zero-order valence-corrected chi connectivity index (χ0v) is 16.3. The number of hydrogen-bond acceptors (Lipinski definition) is 5. The fourth-order valence-electron chi connectivity index (χ4n) is 2.40. The molecule has 0 saturated heterocycles. The molecule has 0 aliphatic rings. The molecule has 7 nitrogen and oxygen atoms in total. The monoisotopic (exact) mass is 396 g/mol. The number of imidazole rings is 1. The highest BCUT2D eigenvalue weighted by molar-refractivity contribution is 7.99. The van der Waals surface area contributed by atoms with Crippen LogP contribution in [-0.2, 0) is 11.8 Å².